The Morgan fingerprint density at radius 3 is 2.37 bits per heavy atom. The molecule has 1 rings (SSSR count). The molecule has 0 unspecified atom stereocenters. The monoisotopic (exact) mass is 282 g/mol. The Morgan fingerprint density at radius 1 is 1.26 bits per heavy atom. The number of carbonyl (C=O) groups is 1. The Kier molecular flexibility index (Phi) is 8.12. The molecule has 0 saturated carbocycles. The summed E-state index contributed by atoms with van der Waals surface area (Å²) in [6.45, 7) is 11.1. The predicted octanol–water partition coefficient (Wildman–Crippen LogP) is 3.14. The molecule has 0 atom stereocenters. The van der Waals surface area contributed by atoms with Gasteiger partial charge in [0.1, 0.15) is 0 Å². The van der Waals surface area contributed by atoms with E-state index >= 15 is 0 Å². The van der Waals surface area contributed by atoms with Gasteiger partial charge in [0, 0.05) is 25.2 Å². The van der Waals surface area contributed by atoms with Crippen LogP contribution < -0.4 is 10.6 Å². The lowest BCUT2D eigenvalue weighted by Gasteiger charge is -2.12. The van der Waals surface area contributed by atoms with Gasteiger partial charge in [0.25, 0.3) is 0 Å². The molecule has 0 spiro atoms. The minimum Gasteiger partial charge on any atom is -0.326 e. The molecule has 0 heterocycles. The summed E-state index contributed by atoms with van der Waals surface area (Å²) >= 11 is 0. The lowest BCUT2D eigenvalue weighted by molar-refractivity contribution is -0.116. The van der Waals surface area contributed by atoms with Crippen LogP contribution in [0.2, 0.25) is 0 Å². The number of aryl methyl sites for hydroxylation is 3. The Hall–Kier alpha value is -1.32. The van der Waals surface area contributed by atoms with Crippen molar-refractivity contribution in [1.82, 2.24) is 5.32 Å². The number of halogens is 1. The van der Waals surface area contributed by atoms with Gasteiger partial charge in [0.15, 0.2) is 0 Å². The SMILES string of the molecule is C=CCNCCC(=O)Nc1c(C)cc(C)cc1C.Cl. The van der Waals surface area contributed by atoms with Crippen molar-refractivity contribution >= 4 is 24.0 Å². The van der Waals surface area contributed by atoms with Crippen LogP contribution in [0, 0.1) is 20.8 Å². The minimum atomic E-state index is 0. The van der Waals surface area contributed by atoms with Crippen LogP contribution in [-0.2, 0) is 4.79 Å². The van der Waals surface area contributed by atoms with E-state index in [0.717, 1.165) is 23.4 Å². The molecule has 2 N–H and O–H groups in total. The number of benzene rings is 1. The maximum Gasteiger partial charge on any atom is 0.225 e. The predicted molar refractivity (Wildman–Crippen MR) is 84.2 cm³/mol. The number of anilines is 1. The van der Waals surface area contributed by atoms with Crippen LogP contribution in [-0.4, -0.2) is 19.0 Å². The topological polar surface area (TPSA) is 41.1 Å². The molecule has 1 amide bonds. The number of amides is 1. The summed E-state index contributed by atoms with van der Waals surface area (Å²) in [6, 6.07) is 4.16. The summed E-state index contributed by atoms with van der Waals surface area (Å²) in [4.78, 5) is 11.8. The minimum absolute atomic E-state index is 0. The largest absolute Gasteiger partial charge is 0.326 e. The Labute approximate surface area is 121 Å². The highest BCUT2D eigenvalue weighted by Gasteiger charge is 2.07. The van der Waals surface area contributed by atoms with E-state index in [1.165, 1.54) is 5.56 Å². The summed E-state index contributed by atoms with van der Waals surface area (Å²) in [5.74, 6) is 0.0432. The van der Waals surface area contributed by atoms with Crippen molar-refractivity contribution < 1.29 is 4.79 Å². The molecule has 0 radical (unpaired) electrons. The van der Waals surface area contributed by atoms with Gasteiger partial charge in [-0.2, -0.15) is 0 Å². The van der Waals surface area contributed by atoms with E-state index in [9.17, 15) is 4.79 Å². The summed E-state index contributed by atoms with van der Waals surface area (Å²) < 4.78 is 0. The first-order valence-electron chi connectivity index (χ1n) is 6.24. The molecule has 4 heteroatoms. The molecule has 0 aliphatic heterocycles. The third-order valence-corrected chi connectivity index (χ3v) is 2.76. The number of hydrogen-bond acceptors (Lipinski definition) is 2. The number of hydrogen-bond donors (Lipinski definition) is 2. The first-order valence-corrected chi connectivity index (χ1v) is 6.24. The normalized spacial score (nSPS) is 9.63. The molecular formula is C15H23ClN2O. The summed E-state index contributed by atoms with van der Waals surface area (Å²) in [5, 5.41) is 6.09. The highest BCUT2D eigenvalue weighted by Crippen LogP contribution is 2.21. The van der Waals surface area contributed by atoms with Crippen molar-refractivity contribution in [1.29, 1.82) is 0 Å². The second kappa shape index (κ2) is 8.73. The van der Waals surface area contributed by atoms with Gasteiger partial charge in [-0.3, -0.25) is 4.79 Å². The van der Waals surface area contributed by atoms with Gasteiger partial charge >= 0.3 is 0 Å². The van der Waals surface area contributed by atoms with E-state index in [4.69, 9.17) is 0 Å². The maximum absolute atomic E-state index is 11.8. The molecule has 0 bridgehead atoms. The van der Waals surface area contributed by atoms with Crippen LogP contribution in [0.3, 0.4) is 0 Å². The molecule has 1 aromatic rings. The second-order valence-electron chi connectivity index (χ2n) is 4.56. The van der Waals surface area contributed by atoms with Gasteiger partial charge < -0.3 is 10.6 Å². The van der Waals surface area contributed by atoms with E-state index < -0.39 is 0 Å². The molecule has 106 valence electrons. The lowest BCUT2D eigenvalue weighted by Crippen LogP contribution is -2.22. The van der Waals surface area contributed by atoms with Gasteiger partial charge in [-0.25, -0.2) is 0 Å². The van der Waals surface area contributed by atoms with Crippen LogP contribution in [0.5, 0.6) is 0 Å². The Balaban J connectivity index is 0.00000324. The van der Waals surface area contributed by atoms with Crippen LogP contribution in [0.1, 0.15) is 23.1 Å². The van der Waals surface area contributed by atoms with Crippen molar-refractivity contribution in [3.63, 3.8) is 0 Å². The number of carbonyl (C=O) groups excluding carboxylic acids is 1. The molecule has 0 fully saturated rings. The molecule has 3 nitrogen and oxygen atoms in total. The fourth-order valence-electron chi connectivity index (χ4n) is 1.99. The third-order valence-electron chi connectivity index (χ3n) is 2.76. The van der Waals surface area contributed by atoms with E-state index in [1.807, 2.05) is 13.8 Å². The highest BCUT2D eigenvalue weighted by molar-refractivity contribution is 5.92. The molecule has 0 aliphatic rings. The smallest absolute Gasteiger partial charge is 0.225 e. The van der Waals surface area contributed by atoms with Gasteiger partial charge in [-0.05, 0) is 31.9 Å². The Morgan fingerprint density at radius 2 is 1.84 bits per heavy atom. The van der Waals surface area contributed by atoms with Crippen molar-refractivity contribution in [2.75, 3.05) is 18.4 Å². The van der Waals surface area contributed by atoms with E-state index in [1.54, 1.807) is 6.08 Å². The van der Waals surface area contributed by atoms with Gasteiger partial charge in [-0.1, -0.05) is 23.8 Å². The first kappa shape index (κ1) is 17.7. The maximum atomic E-state index is 11.8. The fourth-order valence-corrected chi connectivity index (χ4v) is 1.99. The number of nitrogens with one attached hydrogen (secondary N) is 2. The average Bonchev–Trinajstić information content (AvgIpc) is 2.29. The zero-order valence-corrected chi connectivity index (χ0v) is 12.7. The zero-order valence-electron chi connectivity index (χ0n) is 11.9. The van der Waals surface area contributed by atoms with Crippen molar-refractivity contribution in [3.8, 4) is 0 Å². The first-order chi connectivity index (χ1) is 8.54. The number of rotatable bonds is 6. The van der Waals surface area contributed by atoms with E-state index in [-0.39, 0.29) is 18.3 Å². The Bertz CT molecular complexity index is 421. The quantitative estimate of drug-likeness (QED) is 0.622. The van der Waals surface area contributed by atoms with Crippen LogP contribution in [0.4, 0.5) is 5.69 Å². The highest BCUT2D eigenvalue weighted by atomic mass is 35.5. The molecule has 19 heavy (non-hydrogen) atoms. The van der Waals surface area contributed by atoms with Crippen molar-refractivity contribution in [2.45, 2.75) is 27.2 Å². The standard InChI is InChI=1S/C15H22N2O.ClH/c1-5-7-16-8-6-14(18)17-15-12(3)9-11(2)10-13(15)4;/h5,9-10,16H,1,6-8H2,2-4H3,(H,17,18);1H. The lowest BCUT2D eigenvalue weighted by atomic mass is 10.1. The molecular weight excluding hydrogens is 260 g/mol. The summed E-state index contributed by atoms with van der Waals surface area (Å²) in [6.07, 6.45) is 2.26. The van der Waals surface area contributed by atoms with Crippen LogP contribution >= 0.6 is 12.4 Å². The summed E-state index contributed by atoms with van der Waals surface area (Å²) in [5.41, 5.74) is 4.38. The molecule has 0 saturated heterocycles. The summed E-state index contributed by atoms with van der Waals surface area (Å²) in [7, 11) is 0. The van der Waals surface area contributed by atoms with Gasteiger partial charge in [0.05, 0.1) is 0 Å². The fraction of sp³-hybridized carbons (Fsp3) is 0.400. The van der Waals surface area contributed by atoms with E-state index in [2.05, 4.69) is 36.3 Å². The van der Waals surface area contributed by atoms with Crippen molar-refractivity contribution in [3.05, 3.63) is 41.5 Å². The zero-order chi connectivity index (χ0) is 13.5. The van der Waals surface area contributed by atoms with Gasteiger partial charge in [0.2, 0.25) is 5.91 Å². The molecule has 0 aromatic heterocycles. The molecule has 1 aromatic carbocycles. The average molecular weight is 283 g/mol. The van der Waals surface area contributed by atoms with Gasteiger partial charge in [-0.15, -0.1) is 19.0 Å². The third kappa shape index (κ3) is 5.90. The van der Waals surface area contributed by atoms with E-state index in [0.29, 0.717) is 13.0 Å². The second-order valence-corrected chi connectivity index (χ2v) is 4.56. The molecule has 0 aliphatic carbocycles. The van der Waals surface area contributed by atoms with Crippen LogP contribution in [0.25, 0.3) is 0 Å². The van der Waals surface area contributed by atoms with Crippen LogP contribution in [0.15, 0.2) is 24.8 Å². The van der Waals surface area contributed by atoms with Crippen molar-refractivity contribution in [2.24, 2.45) is 0 Å².